The summed E-state index contributed by atoms with van der Waals surface area (Å²) in [6, 6.07) is 17.5. The molecule has 0 radical (unpaired) electrons. The molecule has 0 aliphatic heterocycles. The quantitative estimate of drug-likeness (QED) is 0.369. The molecule has 0 aliphatic carbocycles. The number of nitro benzene ring substituents is 1. The minimum absolute atomic E-state index is 0.107. The lowest BCUT2D eigenvalue weighted by Crippen LogP contribution is -2.09. The van der Waals surface area contributed by atoms with Crippen molar-refractivity contribution in [3.05, 3.63) is 70.3 Å². The molecule has 0 bridgehead atoms. The zero-order valence-electron chi connectivity index (χ0n) is 15.9. The normalized spacial score (nSPS) is 11.3. The van der Waals surface area contributed by atoms with E-state index >= 15 is 0 Å². The van der Waals surface area contributed by atoms with Crippen molar-refractivity contribution in [3.63, 3.8) is 0 Å². The van der Waals surface area contributed by atoms with Gasteiger partial charge in [0.15, 0.2) is 0 Å². The summed E-state index contributed by atoms with van der Waals surface area (Å²) in [6.07, 6.45) is 0. The molecule has 3 aromatic carbocycles. The topological polar surface area (TPSA) is 51.3 Å². The minimum atomic E-state index is -0.366. The van der Waals surface area contributed by atoms with Gasteiger partial charge in [0.25, 0.3) is 5.69 Å². The number of hydrogen-bond acceptors (Lipinski definition) is 3. The number of aryl methyl sites for hydroxylation is 2. The lowest BCUT2D eigenvalue weighted by Gasteiger charge is -2.17. The zero-order valence-corrected chi connectivity index (χ0v) is 15.9. The zero-order chi connectivity index (χ0) is 19.3. The highest BCUT2D eigenvalue weighted by Gasteiger charge is 2.18. The molecule has 1 aromatic heterocycles. The van der Waals surface area contributed by atoms with Crippen molar-refractivity contribution in [2.24, 2.45) is 7.05 Å². The second kappa shape index (κ2) is 6.13. The summed E-state index contributed by atoms with van der Waals surface area (Å²) in [5.41, 5.74) is 5.71. The standard InChI is InChI=1S/C22H21N3O2/c1-14-18-13-10-15-6-5-7-19(23(2)3)20(15)22(18)24(4)21(14)16-8-11-17(12-9-16)25(26)27/h5-13H,1-4H3. The van der Waals surface area contributed by atoms with Crippen LogP contribution in [0.3, 0.4) is 0 Å². The minimum Gasteiger partial charge on any atom is -0.377 e. The summed E-state index contributed by atoms with van der Waals surface area (Å²) in [7, 11) is 6.18. The first kappa shape index (κ1) is 17.1. The number of nitro groups is 1. The Balaban J connectivity index is 2.06. The first-order chi connectivity index (χ1) is 12.9. The second-order valence-corrected chi connectivity index (χ2v) is 7.07. The second-order valence-electron chi connectivity index (χ2n) is 7.07. The van der Waals surface area contributed by atoms with Crippen LogP contribution in [0.25, 0.3) is 32.9 Å². The van der Waals surface area contributed by atoms with E-state index in [0.717, 1.165) is 11.3 Å². The van der Waals surface area contributed by atoms with Gasteiger partial charge in [0, 0.05) is 49.7 Å². The third-order valence-electron chi connectivity index (χ3n) is 5.26. The Kier molecular flexibility index (Phi) is 3.88. The maximum Gasteiger partial charge on any atom is 0.269 e. The molecule has 0 atom stereocenters. The van der Waals surface area contributed by atoms with Crippen molar-refractivity contribution in [1.82, 2.24) is 4.57 Å². The summed E-state index contributed by atoms with van der Waals surface area (Å²) in [5, 5.41) is 14.6. The van der Waals surface area contributed by atoms with Crippen molar-refractivity contribution in [2.45, 2.75) is 6.92 Å². The van der Waals surface area contributed by atoms with Crippen molar-refractivity contribution < 1.29 is 4.92 Å². The van der Waals surface area contributed by atoms with Crippen LogP contribution >= 0.6 is 0 Å². The number of rotatable bonds is 3. The summed E-state index contributed by atoms with van der Waals surface area (Å²) < 4.78 is 2.21. The van der Waals surface area contributed by atoms with Gasteiger partial charge in [0.1, 0.15) is 0 Å². The van der Waals surface area contributed by atoms with Crippen molar-refractivity contribution >= 4 is 33.1 Å². The molecule has 5 nitrogen and oxygen atoms in total. The largest absolute Gasteiger partial charge is 0.377 e. The van der Waals surface area contributed by atoms with Crippen LogP contribution in [0.5, 0.6) is 0 Å². The van der Waals surface area contributed by atoms with Crippen LogP contribution in [-0.2, 0) is 7.05 Å². The third-order valence-corrected chi connectivity index (χ3v) is 5.26. The number of non-ortho nitro benzene ring substituents is 1. The molecule has 0 saturated heterocycles. The highest BCUT2D eigenvalue weighted by atomic mass is 16.6. The molecule has 4 rings (SSSR count). The predicted molar refractivity (Wildman–Crippen MR) is 112 cm³/mol. The molecule has 0 unspecified atom stereocenters. The summed E-state index contributed by atoms with van der Waals surface area (Å²) in [4.78, 5) is 12.7. The van der Waals surface area contributed by atoms with E-state index in [1.807, 2.05) is 12.1 Å². The Morgan fingerprint density at radius 1 is 1.00 bits per heavy atom. The van der Waals surface area contributed by atoms with Crippen LogP contribution in [-0.4, -0.2) is 23.6 Å². The van der Waals surface area contributed by atoms with Crippen LogP contribution in [0.4, 0.5) is 11.4 Å². The van der Waals surface area contributed by atoms with E-state index in [9.17, 15) is 10.1 Å². The van der Waals surface area contributed by atoms with Crippen LogP contribution < -0.4 is 4.90 Å². The highest BCUT2D eigenvalue weighted by molar-refractivity contribution is 6.14. The van der Waals surface area contributed by atoms with Gasteiger partial charge in [-0.3, -0.25) is 10.1 Å². The fourth-order valence-corrected chi connectivity index (χ4v) is 4.01. The summed E-state index contributed by atoms with van der Waals surface area (Å²) >= 11 is 0. The van der Waals surface area contributed by atoms with Crippen LogP contribution in [0.15, 0.2) is 54.6 Å². The van der Waals surface area contributed by atoms with E-state index in [-0.39, 0.29) is 10.6 Å². The molecule has 0 spiro atoms. The van der Waals surface area contributed by atoms with Gasteiger partial charge in [0.2, 0.25) is 0 Å². The molecule has 0 saturated carbocycles. The van der Waals surface area contributed by atoms with Gasteiger partial charge in [0.05, 0.1) is 16.1 Å². The molecule has 0 amide bonds. The SMILES string of the molecule is Cc1c(-c2ccc([N+](=O)[O-])cc2)n(C)c2c1ccc1cccc(N(C)C)c12. The van der Waals surface area contributed by atoms with E-state index in [2.05, 4.69) is 67.9 Å². The Bertz CT molecular complexity index is 1190. The molecular weight excluding hydrogens is 338 g/mol. The molecule has 0 aliphatic rings. The number of anilines is 1. The van der Waals surface area contributed by atoms with E-state index in [0.29, 0.717) is 0 Å². The maximum absolute atomic E-state index is 11.0. The number of aromatic nitrogens is 1. The molecule has 4 aromatic rings. The van der Waals surface area contributed by atoms with E-state index in [4.69, 9.17) is 0 Å². The predicted octanol–water partition coefficient (Wildman–Crippen LogP) is 5.28. The summed E-state index contributed by atoms with van der Waals surface area (Å²) in [5.74, 6) is 0. The Labute approximate surface area is 157 Å². The molecule has 1 heterocycles. The van der Waals surface area contributed by atoms with Gasteiger partial charge in [-0.25, -0.2) is 0 Å². The molecular formula is C22H21N3O2. The first-order valence-corrected chi connectivity index (χ1v) is 8.83. The van der Waals surface area contributed by atoms with Gasteiger partial charge in [-0.1, -0.05) is 24.3 Å². The van der Waals surface area contributed by atoms with Gasteiger partial charge < -0.3 is 9.47 Å². The molecule has 0 N–H and O–H groups in total. The Hall–Kier alpha value is -3.34. The van der Waals surface area contributed by atoms with Gasteiger partial charge in [-0.2, -0.15) is 0 Å². The number of hydrogen-bond donors (Lipinski definition) is 0. The van der Waals surface area contributed by atoms with Crippen LogP contribution in [0, 0.1) is 17.0 Å². The number of benzene rings is 3. The van der Waals surface area contributed by atoms with Crippen molar-refractivity contribution in [2.75, 3.05) is 19.0 Å². The van der Waals surface area contributed by atoms with Crippen molar-refractivity contribution in [3.8, 4) is 11.3 Å². The first-order valence-electron chi connectivity index (χ1n) is 8.83. The number of fused-ring (bicyclic) bond motifs is 3. The lowest BCUT2D eigenvalue weighted by molar-refractivity contribution is -0.384. The van der Waals surface area contributed by atoms with E-state index < -0.39 is 0 Å². The molecule has 27 heavy (non-hydrogen) atoms. The van der Waals surface area contributed by atoms with E-state index in [1.54, 1.807) is 12.1 Å². The maximum atomic E-state index is 11.0. The van der Waals surface area contributed by atoms with E-state index in [1.165, 1.54) is 32.9 Å². The average Bonchev–Trinajstić information content (AvgIpc) is 2.91. The number of nitrogens with zero attached hydrogens (tertiary/aromatic N) is 3. The van der Waals surface area contributed by atoms with Crippen LogP contribution in [0.2, 0.25) is 0 Å². The Morgan fingerprint density at radius 3 is 2.33 bits per heavy atom. The van der Waals surface area contributed by atoms with Crippen molar-refractivity contribution in [1.29, 1.82) is 0 Å². The fraction of sp³-hybridized carbons (Fsp3) is 0.182. The Morgan fingerprint density at radius 2 is 1.70 bits per heavy atom. The fourth-order valence-electron chi connectivity index (χ4n) is 4.01. The smallest absolute Gasteiger partial charge is 0.269 e. The summed E-state index contributed by atoms with van der Waals surface area (Å²) in [6.45, 7) is 2.11. The van der Waals surface area contributed by atoms with Gasteiger partial charge in [-0.05, 0) is 41.6 Å². The molecule has 5 heteroatoms. The van der Waals surface area contributed by atoms with Gasteiger partial charge >= 0.3 is 0 Å². The van der Waals surface area contributed by atoms with Gasteiger partial charge in [-0.15, -0.1) is 0 Å². The van der Waals surface area contributed by atoms with Crippen LogP contribution in [0.1, 0.15) is 5.56 Å². The lowest BCUT2D eigenvalue weighted by atomic mass is 10.0. The highest BCUT2D eigenvalue weighted by Crippen LogP contribution is 2.39. The third kappa shape index (κ3) is 2.54. The molecule has 0 fully saturated rings. The molecule has 136 valence electrons. The monoisotopic (exact) mass is 359 g/mol. The average molecular weight is 359 g/mol.